The predicted molar refractivity (Wildman–Crippen MR) is 98.1 cm³/mol. The Hall–Kier alpha value is -2.30. The highest BCUT2D eigenvalue weighted by atomic mass is 16.5. The summed E-state index contributed by atoms with van der Waals surface area (Å²) in [6.07, 6.45) is 4.41. The highest BCUT2D eigenvalue weighted by Gasteiger charge is 2.18. The van der Waals surface area contributed by atoms with Gasteiger partial charge in [-0.2, -0.15) is 4.98 Å². The molecule has 1 N–H and O–H groups in total. The van der Waals surface area contributed by atoms with E-state index in [4.69, 9.17) is 4.74 Å². The van der Waals surface area contributed by atoms with Crippen LogP contribution in [-0.4, -0.2) is 29.2 Å². The molecule has 0 spiro atoms. The van der Waals surface area contributed by atoms with Gasteiger partial charge in [-0.1, -0.05) is 6.92 Å². The Balaban J connectivity index is 1.66. The number of piperidine rings is 1. The maximum Gasteiger partial charge on any atom is 0.227 e. The molecular weight excluding hydrogens is 300 g/mol. The van der Waals surface area contributed by atoms with Crippen molar-refractivity contribution in [3.05, 3.63) is 36.5 Å². The first-order valence-corrected chi connectivity index (χ1v) is 8.72. The van der Waals surface area contributed by atoms with Crippen molar-refractivity contribution in [1.82, 2.24) is 9.97 Å². The van der Waals surface area contributed by atoms with Crippen LogP contribution < -0.4 is 15.0 Å². The molecule has 0 aliphatic carbocycles. The minimum atomic E-state index is 0.181. The Bertz CT molecular complexity index is 649. The van der Waals surface area contributed by atoms with Gasteiger partial charge in [-0.05, 0) is 62.9 Å². The number of benzene rings is 1. The number of hydrogen-bond donors (Lipinski definition) is 1. The maximum absolute atomic E-state index is 5.67. The van der Waals surface area contributed by atoms with Crippen LogP contribution in [0.25, 0.3) is 0 Å². The predicted octanol–water partition coefficient (Wildman–Crippen LogP) is 4.24. The molecule has 5 heteroatoms. The third-order valence-electron chi connectivity index (χ3n) is 4.21. The van der Waals surface area contributed by atoms with Gasteiger partial charge in [0, 0.05) is 25.0 Å². The van der Waals surface area contributed by atoms with E-state index in [2.05, 4.69) is 27.1 Å². The maximum atomic E-state index is 5.67. The van der Waals surface area contributed by atoms with Gasteiger partial charge in [0.2, 0.25) is 5.95 Å². The van der Waals surface area contributed by atoms with Crippen LogP contribution in [0.5, 0.6) is 5.75 Å². The molecule has 24 heavy (non-hydrogen) atoms. The van der Waals surface area contributed by atoms with Gasteiger partial charge in [0.1, 0.15) is 11.6 Å². The van der Waals surface area contributed by atoms with E-state index in [0.29, 0.717) is 0 Å². The Morgan fingerprint density at radius 2 is 1.83 bits per heavy atom. The van der Waals surface area contributed by atoms with Gasteiger partial charge in [0.15, 0.2) is 0 Å². The average Bonchev–Trinajstić information content (AvgIpc) is 2.57. The Kier molecular flexibility index (Phi) is 5.18. The van der Waals surface area contributed by atoms with E-state index in [1.807, 2.05) is 50.4 Å². The lowest BCUT2D eigenvalue weighted by molar-refractivity contribution is 0.242. The second-order valence-electron chi connectivity index (χ2n) is 6.73. The number of rotatable bonds is 5. The number of aromatic nitrogens is 2. The second-order valence-corrected chi connectivity index (χ2v) is 6.73. The Morgan fingerprint density at radius 1 is 1.12 bits per heavy atom. The summed E-state index contributed by atoms with van der Waals surface area (Å²) >= 11 is 0. The summed E-state index contributed by atoms with van der Waals surface area (Å²) in [6.45, 7) is 8.42. The lowest BCUT2D eigenvalue weighted by Gasteiger charge is -2.30. The molecule has 0 bridgehead atoms. The zero-order chi connectivity index (χ0) is 16.9. The van der Waals surface area contributed by atoms with Crippen molar-refractivity contribution in [3.63, 3.8) is 0 Å². The smallest absolute Gasteiger partial charge is 0.227 e. The molecule has 1 aromatic heterocycles. The normalized spacial score (nSPS) is 15.6. The third kappa shape index (κ3) is 4.37. The van der Waals surface area contributed by atoms with Crippen LogP contribution in [0.1, 0.15) is 33.6 Å². The zero-order valence-electron chi connectivity index (χ0n) is 14.7. The monoisotopic (exact) mass is 326 g/mol. The second kappa shape index (κ2) is 7.51. The molecule has 128 valence electrons. The molecule has 1 fully saturated rings. The van der Waals surface area contributed by atoms with E-state index in [0.717, 1.165) is 42.2 Å². The van der Waals surface area contributed by atoms with Gasteiger partial charge in [0.05, 0.1) is 6.10 Å². The summed E-state index contributed by atoms with van der Waals surface area (Å²) < 4.78 is 5.67. The van der Waals surface area contributed by atoms with Crippen molar-refractivity contribution in [2.45, 2.75) is 39.7 Å². The zero-order valence-corrected chi connectivity index (χ0v) is 14.7. The molecule has 0 atom stereocenters. The van der Waals surface area contributed by atoms with Crippen molar-refractivity contribution in [2.24, 2.45) is 5.92 Å². The van der Waals surface area contributed by atoms with Gasteiger partial charge >= 0.3 is 0 Å². The first kappa shape index (κ1) is 16.6. The molecule has 0 unspecified atom stereocenters. The van der Waals surface area contributed by atoms with Crippen LogP contribution in [-0.2, 0) is 0 Å². The fourth-order valence-electron chi connectivity index (χ4n) is 2.82. The van der Waals surface area contributed by atoms with E-state index in [1.165, 1.54) is 12.8 Å². The molecule has 2 heterocycles. The number of anilines is 3. The van der Waals surface area contributed by atoms with E-state index in [-0.39, 0.29) is 6.10 Å². The standard InChI is InChI=1S/C19H26N4O/c1-14(2)24-17-6-4-16(5-7-17)21-18-8-11-20-19(22-18)23-12-9-15(3)10-13-23/h4-8,11,14-15H,9-10,12-13H2,1-3H3,(H,20,21,22). The fraction of sp³-hybridized carbons (Fsp3) is 0.474. The largest absolute Gasteiger partial charge is 0.491 e. The lowest BCUT2D eigenvalue weighted by atomic mass is 10.00. The van der Waals surface area contributed by atoms with E-state index >= 15 is 0 Å². The van der Waals surface area contributed by atoms with Gasteiger partial charge in [0.25, 0.3) is 0 Å². The summed E-state index contributed by atoms with van der Waals surface area (Å²) in [5, 5.41) is 3.34. The Labute approximate surface area is 144 Å². The van der Waals surface area contributed by atoms with E-state index < -0.39 is 0 Å². The first-order chi connectivity index (χ1) is 11.6. The molecular formula is C19H26N4O. The summed E-state index contributed by atoms with van der Waals surface area (Å²) in [5.74, 6) is 3.30. The molecule has 1 saturated heterocycles. The van der Waals surface area contributed by atoms with Crippen molar-refractivity contribution in [3.8, 4) is 5.75 Å². The average molecular weight is 326 g/mol. The molecule has 1 aliphatic rings. The number of nitrogens with zero attached hydrogens (tertiary/aromatic N) is 3. The minimum Gasteiger partial charge on any atom is -0.491 e. The Morgan fingerprint density at radius 3 is 2.50 bits per heavy atom. The quantitative estimate of drug-likeness (QED) is 0.890. The van der Waals surface area contributed by atoms with Crippen LogP contribution in [0.15, 0.2) is 36.5 Å². The van der Waals surface area contributed by atoms with Gasteiger partial charge in [-0.15, -0.1) is 0 Å². The third-order valence-corrected chi connectivity index (χ3v) is 4.21. The van der Waals surface area contributed by atoms with Crippen molar-refractivity contribution in [1.29, 1.82) is 0 Å². The molecule has 0 radical (unpaired) electrons. The van der Waals surface area contributed by atoms with Gasteiger partial charge < -0.3 is 15.0 Å². The summed E-state index contributed by atoms with van der Waals surface area (Å²) in [4.78, 5) is 11.4. The van der Waals surface area contributed by atoms with Crippen molar-refractivity contribution < 1.29 is 4.74 Å². The summed E-state index contributed by atoms with van der Waals surface area (Å²) in [6, 6.07) is 9.84. The molecule has 0 amide bonds. The fourth-order valence-corrected chi connectivity index (χ4v) is 2.82. The highest BCUT2D eigenvalue weighted by Crippen LogP contribution is 2.23. The molecule has 1 aliphatic heterocycles. The van der Waals surface area contributed by atoms with Crippen LogP contribution >= 0.6 is 0 Å². The van der Waals surface area contributed by atoms with E-state index in [1.54, 1.807) is 0 Å². The molecule has 2 aromatic rings. The number of nitrogens with one attached hydrogen (secondary N) is 1. The molecule has 1 aromatic carbocycles. The van der Waals surface area contributed by atoms with Crippen LogP contribution in [0, 0.1) is 5.92 Å². The minimum absolute atomic E-state index is 0.181. The topological polar surface area (TPSA) is 50.3 Å². The highest BCUT2D eigenvalue weighted by molar-refractivity contribution is 5.58. The van der Waals surface area contributed by atoms with Crippen LogP contribution in [0.3, 0.4) is 0 Å². The van der Waals surface area contributed by atoms with Crippen LogP contribution in [0.2, 0.25) is 0 Å². The van der Waals surface area contributed by atoms with Gasteiger partial charge in [-0.3, -0.25) is 0 Å². The molecule has 0 saturated carbocycles. The summed E-state index contributed by atoms with van der Waals surface area (Å²) in [5.41, 5.74) is 0.989. The first-order valence-electron chi connectivity index (χ1n) is 8.72. The van der Waals surface area contributed by atoms with Gasteiger partial charge in [-0.25, -0.2) is 4.98 Å². The number of hydrogen-bond acceptors (Lipinski definition) is 5. The summed E-state index contributed by atoms with van der Waals surface area (Å²) in [7, 11) is 0. The lowest BCUT2D eigenvalue weighted by Crippen LogP contribution is -2.34. The molecule has 5 nitrogen and oxygen atoms in total. The van der Waals surface area contributed by atoms with Crippen molar-refractivity contribution >= 4 is 17.5 Å². The van der Waals surface area contributed by atoms with Crippen molar-refractivity contribution in [2.75, 3.05) is 23.3 Å². The number of ether oxygens (including phenoxy) is 1. The van der Waals surface area contributed by atoms with E-state index in [9.17, 15) is 0 Å². The van der Waals surface area contributed by atoms with Crippen LogP contribution in [0.4, 0.5) is 17.5 Å². The molecule has 3 rings (SSSR count). The SMILES string of the molecule is CC1CCN(c2nccc(Nc3ccc(OC(C)C)cc3)n2)CC1.